The maximum Gasteiger partial charge on any atom is 0.243 e. The zero-order chi connectivity index (χ0) is 11.6. The van der Waals surface area contributed by atoms with Crippen molar-refractivity contribution in [2.45, 2.75) is 52.5 Å². The van der Waals surface area contributed by atoms with Gasteiger partial charge in [-0.3, -0.25) is 0 Å². The Morgan fingerprint density at radius 1 is 1.33 bits per heavy atom. The van der Waals surface area contributed by atoms with Crippen molar-refractivity contribution < 1.29 is 4.52 Å². The van der Waals surface area contributed by atoms with Crippen molar-refractivity contribution in [3.8, 4) is 0 Å². The third-order valence-electron chi connectivity index (χ3n) is 2.16. The quantitative estimate of drug-likeness (QED) is 0.833. The Bertz CT molecular complexity index is 312. The summed E-state index contributed by atoms with van der Waals surface area (Å²) >= 11 is 0. The minimum atomic E-state index is -0.145. The largest absolute Gasteiger partial charge is 0.338 e. The van der Waals surface area contributed by atoms with E-state index in [-0.39, 0.29) is 11.5 Å². The summed E-state index contributed by atoms with van der Waals surface area (Å²) in [5.41, 5.74) is 5.87. The van der Waals surface area contributed by atoms with Gasteiger partial charge in [-0.1, -0.05) is 39.8 Å². The lowest BCUT2D eigenvalue weighted by molar-refractivity contribution is 0.328. The molecule has 15 heavy (non-hydrogen) atoms. The van der Waals surface area contributed by atoms with E-state index in [9.17, 15) is 0 Å². The molecule has 0 aliphatic rings. The summed E-state index contributed by atoms with van der Waals surface area (Å²) in [5, 5.41) is 3.95. The number of rotatable bonds is 3. The number of nitrogens with two attached hydrogens (primary N) is 1. The smallest absolute Gasteiger partial charge is 0.243 e. The average molecular weight is 211 g/mol. The molecule has 0 saturated carbocycles. The van der Waals surface area contributed by atoms with Crippen LogP contribution in [-0.4, -0.2) is 10.1 Å². The fourth-order valence-electron chi connectivity index (χ4n) is 1.30. The van der Waals surface area contributed by atoms with Crippen molar-refractivity contribution in [1.29, 1.82) is 0 Å². The fraction of sp³-hybridized carbons (Fsp3) is 0.818. The lowest BCUT2D eigenvalue weighted by Gasteiger charge is -2.11. The van der Waals surface area contributed by atoms with Crippen LogP contribution >= 0.6 is 0 Å². The van der Waals surface area contributed by atoms with Crippen molar-refractivity contribution in [3.63, 3.8) is 0 Å². The van der Waals surface area contributed by atoms with Gasteiger partial charge in [-0.25, -0.2) is 0 Å². The second-order valence-electron chi connectivity index (χ2n) is 5.44. The Morgan fingerprint density at radius 2 is 1.93 bits per heavy atom. The van der Waals surface area contributed by atoms with E-state index in [1.165, 1.54) is 0 Å². The Labute approximate surface area is 91.2 Å². The highest BCUT2D eigenvalue weighted by molar-refractivity contribution is 5.01. The van der Waals surface area contributed by atoms with Crippen LogP contribution in [0.25, 0.3) is 0 Å². The first kappa shape index (κ1) is 12.2. The van der Waals surface area contributed by atoms with Crippen LogP contribution in [0.5, 0.6) is 0 Å². The van der Waals surface area contributed by atoms with Gasteiger partial charge in [0.2, 0.25) is 5.89 Å². The van der Waals surface area contributed by atoms with Gasteiger partial charge in [0, 0.05) is 5.41 Å². The van der Waals surface area contributed by atoms with E-state index in [0.717, 1.165) is 12.2 Å². The maximum atomic E-state index is 5.96. The lowest BCUT2D eigenvalue weighted by atomic mass is 9.96. The van der Waals surface area contributed by atoms with Crippen molar-refractivity contribution in [2.75, 3.05) is 0 Å². The lowest BCUT2D eigenvalue weighted by Crippen LogP contribution is -2.16. The molecule has 1 heterocycles. The molecule has 4 nitrogen and oxygen atoms in total. The molecule has 1 aromatic heterocycles. The van der Waals surface area contributed by atoms with Crippen molar-refractivity contribution in [2.24, 2.45) is 11.7 Å². The van der Waals surface area contributed by atoms with E-state index < -0.39 is 0 Å². The van der Waals surface area contributed by atoms with E-state index in [0.29, 0.717) is 11.8 Å². The van der Waals surface area contributed by atoms with Gasteiger partial charge in [0.1, 0.15) is 0 Å². The Hall–Kier alpha value is -0.900. The third-order valence-corrected chi connectivity index (χ3v) is 2.16. The summed E-state index contributed by atoms with van der Waals surface area (Å²) in [6.45, 7) is 10.4. The van der Waals surface area contributed by atoms with Crippen molar-refractivity contribution in [3.05, 3.63) is 11.7 Å². The number of aromatic nitrogens is 2. The van der Waals surface area contributed by atoms with Crippen LogP contribution in [-0.2, 0) is 5.41 Å². The molecule has 0 spiro atoms. The van der Waals surface area contributed by atoms with Gasteiger partial charge in [-0.15, -0.1) is 0 Å². The SMILES string of the molecule is CC(C)C[C@@H](N)c1nc(C(C)(C)C)no1. The summed E-state index contributed by atoms with van der Waals surface area (Å²) < 4.78 is 5.17. The highest BCUT2D eigenvalue weighted by Crippen LogP contribution is 2.22. The molecule has 86 valence electrons. The standard InChI is InChI=1S/C11H21N3O/c1-7(2)6-8(12)9-13-10(14-15-9)11(3,4)5/h7-8H,6,12H2,1-5H3/t8-/m1/s1. The number of nitrogens with zero attached hydrogens (tertiary/aromatic N) is 2. The monoisotopic (exact) mass is 211 g/mol. The van der Waals surface area contributed by atoms with Gasteiger partial charge in [-0.05, 0) is 12.3 Å². The molecule has 0 fully saturated rings. The molecule has 0 saturated heterocycles. The minimum absolute atomic E-state index is 0.0840. The van der Waals surface area contributed by atoms with Gasteiger partial charge in [0.15, 0.2) is 5.82 Å². The van der Waals surface area contributed by atoms with Crippen molar-refractivity contribution >= 4 is 0 Å². The fourth-order valence-corrected chi connectivity index (χ4v) is 1.30. The Balaban J connectivity index is 2.76. The molecule has 2 N–H and O–H groups in total. The van der Waals surface area contributed by atoms with E-state index in [4.69, 9.17) is 10.3 Å². The van der Waals surface area contributed by atoms with E-state index in [1.807, 2.05) is 0 Å². The first-order valence-corrected chi connectivity index (χ1v) is 5.40. The normalized spacial score (nSPS) is 14.6. The Morgan fingerprint density at radius 3 is 2.33 bits per heavy atom. The number of hydrogen-bond acceptors (Lipinski definition) is 4. The molecule has 0 aliphatic carbocycles. The predicted molar refractivity (Wildman–Crippen MR) is 59.4 cm³/mol. The zero-order valence-corrected chi connectivity index (χ0v) is 10.2. The van der Waals surface area contributed by atoms with Gasteiger partial charge >= 0.3 is 0 Å². The molecule has 1 atom stereocenters. The minimum Gasteiger partial charge on any atom is -0.338 e. The average Bonchev–Trinajstić information content (AvgIpc) is 2.48. The third kappa shape index (κ3) is 3.30. The summed E-state index contributed by atoms with van der Waals surface area (Å²) in [5.74, 6) is 1.80. The van der Waals surface area contributed by atoms with Crippen molar-refractivity contribution in [1.82, 2.24) is 10.1 Å². The molecule has 0 aliphatic heterocycles. The van der Waals surface area contributed by atoms with E-state index in [2.05, 4.69) is 44.8 Å². The molecule has 0 unspecified atom stereocenters. The predicted octanol–water partition coefficient (Wildman–Crippen LogP) is 2.41. The van der Waals surface area contributed by atoms with Gasteiger partial charge in [0.25, 0.3) is 0 Å². The van der Waals surface area contributed by atoms with Crippen LogP contribution in [0.3, 0.4) is 0 Å². The summed E-state index contributed by atoms with van der Waals surface area (Å²) in [4.78, 5) is 4.33. The molecule has 4 heteroatoms. The maximum absolute atomic E-state index is 5.96. The first-order valence-electron chi connectivity index (χ1n) is 5.40. The zero-order valence-electron chi connectivity index (χ0n) is 10.2. The van der Waals surface area contributed by atoms with Crippen LogP contribution in [0.1, 0.15) is 58.8 Å². The van der Waals surface area contributed by atoms with Crippen LogP contribution in [0, 0.1) is 5.92 Å². The topological polar surface area (TPSA) is 64.9 Å². The van der Waals surface area contributed by atoms with Gasteiger partial charge in [-0.2, -0.15) is 4.98 Å². The first-order chi connectivity index (χ1) is 6.80. The molecule has 0 aromatic carbocycles. The van der Waals surface area contributed by atoms with Crippen LogP contribution in [0.15, 0.2) is 4.52 Å². The van der Waals surface area contributed by atoms with E-state index in [1.54, 1.807) is 0 Å². The van der Waals surface area contributed by atoms with Crippen LogP contribution in [0.4, 0.5) is 0 Å². The highest BCUT2D eigenvalue weighted by atomic mass is 16.5. The highest BCUT2D eigenvalue weighted by Gasteiger charge is 2.23. The number of hydrogen-bond donors (Lipinski definition) is 1. The van der Waals surface area contributed by atoms with Crippen LogP contribution in [0.2, 0.25) is 0 Å². The molecule has 0 radical (unpaired) electrons. The van der Waals surface area contributed by atoms with Crippen LogP contribution < -0.4 is 5.73 Å². The summed E-state index contributed by atoms with van der Waals surface area (Å²) in [6.07, 6.45) is 0.867. The molecule has 0 amide bonds. The summed E-state index contributed by atoms with van der Waals surface area (Å²) in [7, 11) is 0. The second-order valence-corrected chi connectivity index (χ2v) is 5.44. The summed E-state index contributed by atoms with van der Waals surface area (Å²) in [6, 6.07) is -0.145. The molecule has 1 rings (SSSR count). The van der Waals surface area contributed by atoms with Gasteiger partial charge in [0.05, 0.1) is 6.04 Å². The molecule has 0 bridgehead atoms. The Kier molecular flexibility index (Phi) is 3.50. The molecular formula is C11H21N3O. The molecule has 1 aromatic rings. The van der Waals surface area contributed by atoms with Gasteiger partial charge < -0.3 is 10.3 Å². The molecular weight excluding hydrogens is 190 g/mol. The second kappa shape index (κ2) is 4.31. The van der Waals surface area contributed by atoms with E-state index >= 15 is 0 Å².